The van der Waals surface area contributed by atoms with Crippen molar-refractivity contribution in [1.29, 1.82) is 0 Å². The Balaban J connectivity index is 1.49. The molecule has 1 fully saturated rings. The predicted molar refractivity (Wildman–Crippen MR) is 108 cm³/mol. The molecule has 0 saturated carbocycles. The number of aromatic nitrogens is 2. The van der Waals surface area contributed by atoms with Crippen molar-refractivity contribution in [2.24, 2.45) is 0 Å². The minimum atomic E-state index is -4.32. The van der Waals surface area contributed by atoms with E-state index in [0.29, 0.717) is 16.7 Å². The van der Waals surface area contributed by atoms with Crippen LogP contribution in [0, 0.1) is 6.92 Å². The highest BCUT2D eigenvalue weighted by molar-refractivity contribution is 7.98. The van der Waals surface area contributed by atoms with Crippen molar-refractivity contribution in [2.45, 2.75) is 43.1 Å². The Labute approximate surface area is 166 Å². The zero-order chi connectivity index (χ0) is 19.7. The summed E-state index contributed by atoms with van der Waals surface area (Å²) in [5.41, 5.74) is 3.49. The van der Waals surface area contributed by atoms with Gasteiger partial charge in [-0.15, -0.1) is 11.8 Å². The maximum absolute atomic E-state index is 12.9. The summed E-state index contributed by atoms with van der Waals surface area (Å²) in [6.07, 6.45) is 1.33. The summed E-state index contributed by atoms with van der Waals surface area (Å²) in [6, 6.07) is 7.71. The lowest BCUT2D eigenvalue weighted by Gasteiger charge is -2.30. The first-order chi connectivity index (χ1) is 13.4. The number of alkyl halides is 3. The summed E-state index contributed by atoms with van der Waals surface area (Å²) >= 11 is 1.56. The Morgan fingerprint density at radius 2 is 1.89 bits per heavy atom. The average molecular weight is 405 g/mol. The molecule has 3 nitrogen and oxygen atoms in total. The van der Waals surface area contributed by atoms with E-state index in [-0.39, 0.29) is 0 Å². The van der Waals surface area contributed by atoms with Crippen molar-refractivity contribution < 1.29 is 13.2 Å². The molecule has 0 spiro atoms. The summed E-state index contributed by atoms with van der Waals surface area (Å²) < 4.78 is 38.7. The van der Waals surface area contributed by atoms with Gasteiger partial charge in [-0.3, -0.25) is 4.98 Å². The number of fused-ring (bicyclic) bond motifs is 1. The highest BCUT2D eigenvalue weighted by Gasteiger charge is 2.30. The fourth-order valence-electron chi connectivity index (χ4n) is 3.62. The van der Waals surface area contributed by atoms with Crippen molar-refractivity contribution >= 4 is 28.4 Å². The van der Waals surface area contributed by atoms with Crippen LogP contribution in [0.15, 0.2) is 41.6 Å². The number of rotatable bonds is 4. The summed E-state index contributed by atoms with van der Waals surface area (Å²) in [5.74, 6) is 0.667. The van der Waals surface area contributed by atoms with E-state index in [2.05, 4.69) is 27.9 Å². The number of hydrogen-bond donors (Lipinski definition) is 1. The van der Waals surface area contributed by atoms with Crippen LogP contribution in [-0.2, 0) is 11.9 Å². The molecule has 0 aliphatic carbocycles. The van der Waals surface area contributed by atoms with Crippen molar-refractivity contribution in [1.82, 2.24) is 9.97 Å². The van der Waals surface area contributed by atoms with Crippen molar-refractivity contribution in [3.05, 3.63) is 53.3 Å². The van der Waals surface area contributed by atoms with E-state index in [4.69, 9.17) is 0 Å². The summed E-state index contributed by atoms with van der Waals surface area (Å²) in [5, 5.41) is 1.42. The molecule has 1 N–H and O–H groups in total. The topological polar surface area (TPSA) is 31.9 Å². The van der Waals surface area contributed by atoms with Gasteiger partial charge in [0, 0.05) is 41.6 Å². The minimum absolute atomic E-state index is 0.572. The van der Waals surface area contributed by atoms with Gasteiger partial charge in [-0.05, 0) is 62.1 Å². The highest BCUT2D eigenvalue weighted by Crippen LogP contribution is 2.33. The number of thioether (sulfide) groups is 1. The number of benzene rings is 1. The molecule has 28 heavy (non-hydrogen) atoms. The minimum Gasteiger partial charge on any atom is -0.371 e. The van der Waals surface area contributed by atoms with Crippen LogP contribution in [0.25, 0.3) is 10.9 Å². The third-order valence-electron chi connectivity index (χ3n) is 5.13. The lowest BCUT2D eigenvalue weighted by molar-refractivity contribution is -0.137. The molecule has 3 aromatic rings. The lowest BCUT2D eigenvalue weighted by Crippen LogP contribution is -2.30. The van der Waals surface area contributed by atoms with Crippen molar-refractivity contribution in [3.63, 3.8) is 0 Å². The first kappa shape index (κ1) is 19.2. The summed E-state index contributed by atoms with van der Waals surface area (Å²) in [4.78, 5) is 10.2. The van der Waals surface area contributed by atoms with Gasteiger partial charge < -0.3 is 9.88 Å². The highest BCUT2D eigenvalue weighted by atomic mass is 32.2. The molecule has 7 heteroatoms. The number of hydrogen-bond acceptors (Lipinski definition) is 3. The quantitative estimate of drug-likeness (QED) is 0.527. The SMILES string of the molecule is Cc1cnc(CSc2cc3cc(C(F)(F)F)ccc3[nH]2)cc1N1CCCCC1. The molecule has 3 heterocycles. The largest absolute Gasteiger partial charge is 0.416 e. The Kier molecular flexibility index (Phi) is 5.27. The van der Waals surface area contributed by atoms with E-state index in [9.17, 15) is 13.2 Å². The number of halogens is 3. The Morgan fingerprint density at radius 1 is 1.11 bits per heavy atom. The van der Waals surface area contributed by atoms with E-state index in [1.807, 2.05) is 6.20 Å². The molecule has 4 rings (SSSR count). The monoisotopic (exact) mass is 405 g/mol. The Bertz CT molecular complexity index is 975. The third-order valence-corrected chi connectivity index (χ3v) is 6.10. The number of nitrogens with one attached hydrogen (secondary N) is 1. The van der Waals surface area contributed by atoms with E-state index in [1.165, 1.54) is 42.6 Å². The molecule has 1 aliphatic heterocycles. The van der Waals surface area contributed by atoms with Crippen LogP contribution in [-0.4, -0.2) is 23.1 Å². The molecule has 0 amide bonds. The zero-order valence-corrected chi connectivity index (χ0v) is 16.5. The first-order valence-corrected chi connectivity index (χ1v) is 10.4. The van der Waals surface area contributed by atoms with Gasteiger partial charge >= 0.3 is 6.18 Å². The van der Waals surface area contributed by atoms with Crippen LogP contribution < -0.4 is 4.90 Å². The Hall–Kier alpha value is -2.15. The van der Waals surface area contributed by atoms with Gasteiger partial charge in [-0.25, -0.2) is 0 Å². The standard InChI is InChI=1S/C21H22F3N3S/c1-14-12-25-17(11-19(14)27-7-3-2-4-8-27)13-28-20-10-15-9-16(21(22,23)24)5-6-18(15)26-20/h5-6,9-12,26H,2-4,7-8,13H2,1H3. The molecule has 1 saturated heterocycles. The van der Waals surface area contributed by atoms with E-state index >= 15 is 0 Å². The van der Waals surface area contributed by atoms with Gasteiger partial charge in [0.25, 0.3) is 0 Å². The predicted octanol–water partition coefficient (Wildman–Crippen LogP) is 6.17. The van der Waals surface area contributed by atoms with Crippen LogP contribution in [0.2, 0.25) is 0 Å². The van der Waals surface area contributed by atoms with Crippen LogP contribution in [0.3, 0.4) is 0 Å². The molecule has 0 radical (unpaired) electrons. The molecule has 148 valence electrons. The molecular formula is C21H22F3N3S. The molecule has 2 aromatic heterocycles. The number of aryl methyl sites for hydroxylation is 1. The number of nitrogens with zero attached hydrogens (tertiary/aromatic N) is 2. The second-order valence-electron chi connectivity index (χ2n) is 7.23. The molecule has 0 bridgehead atoms. The lowest BCUT2D eigenvalue weighted by atomic mass is 10.1. The van der Waals surface area contributed by atoms with Gasteiger partial charge in [0.15, 0.2) is 0 Å². The van der Waals surface area contributed by atoms with Gasteiger partial charge in [0.2, 0.25) is 0 Å². The second-order valence-corrected chi connectivity index (χ2v) is 8.25. The van der Waals surface area contributed by atoms with Crippen molar-refractivity contribution in [2.75, 3.05) is 18.0 Å². The summed E-state index contributed by atoms with van der Waals surface area (Å²) in [6.45, 7) is 4.26. The zero-order valence-electron chi connectivity index (χ0n) is 15.6. The van der Waals surface area contributed by atoms with Crippen LogP contribution >= 0.6 is 11.8 Å². The number of H-pyrrole nitrogens is 1. The van der Waals surface area contributed by atoms with Crippen LogP contribution in [0.1, 0.15) is 36.1 Å². The molecular weight excluding hydrogens is 383 g/mol. The number of pyridine rings is 1. The maximum atomic E-state index is 12.9. The van der Waals surface area contributed by atoms with Crippen LogP contribution in [0.5, 0.6) is 0 Å². The third kappa shape index (κ3) is 4.14. The summed E-state index contributed by atoms with van der Waals surface area (Å²) in [7, 11) is 0. The van der Waals surface area contributed by atoms with Gasteiger partial charge in [0.1, 0.15) is 0 Å². The smallest absolute Gasteiger partial charge is 0.371 e. The van der Waals surface area contributed by atoms with Crippen molar-refractivity contribution in [3.8, 4) is 0 Å². The first-order valence-electron chi connectivity index (χ1n) is 9.43. The molecule has 1 aromatic carbocycles. The fourth-order valence-corrected chi connectivity index (χ4v) is 4.47. The van der Waals surface area contributed by atoms with E-state index < -0.39 is 11.7 Å². The normalized spacial score (nSPS) is 15.4. The molecule has 0 unspecified atom stereocenters. The van der Waals surface area contributed by atoms with Gasteiger partial charge in [0.05, 0.1) is 16.3 Å². The average Bonchev–Trinajstić information content (AvgIpc) is 3.09. The van der Waals surface area contributed by atoms with E-state index in [0.717, 1.165) is 29.9 Å². The van der Waals surface area contributed by atoms with Gasteiger partial charge in [-0.1, -0.05) is 0 Å². The number of piperidine rings is 1. The second kappa shape index (κ2) is 7.70. The maximum Gasteiger partial charge on any atom is 0.416 e. The van der Waals surface area contributed by atoms with E-state index in [1.54, 1.807) is 17.8 Å². The van der Waals surface area contributed by atoms with Gasteiger partial charge in [-0.2, -0.15) is 13.2 Å². The fraction of sp³-hybridized carbons (Fsp3) is 0.381. The molecule has 0 atom stereocenters. The Morgan fingerprint density at radius 3 is 2.64 bits per heavy atom. The number of aromatic amines is 1. The molecule has 1 aliphatic rings. The number of anilines is 1. The van der Waals surface area contributed by atoms with Crippen LogP contribution in [0.4, 0.5) is 18.9 Å².